The Morgan fingerprint density at radius 1 is 1.31 bits per heavy atom. The van der Waals surface area contributed by atoms with Gasteiger partial charge in [-0.1, -0.05) is 15.9 Å². The van der Waals surface area contributed by atoms with Crippen LogP contribution in [0.2, 0.25) is 0 Å². The van der Waals surface area contributed by atoms with Crippen molar-refractivity contribution in [1.82, 2.24) is 10.2 Å². The van der Waals surface area contributed by atoms with Gasteiger partial charge in [-0.15, -0.1) is 10.2 Å². The van der Waals surface area contributed by atoms with Crippen LogP contribution in [-0.4, -0.2) is 16.7 Å². The highest BCUT2D eigenvalue weighted by Crippen LogP contribution is 2.23. The molecule has 2 aromatic rings. The summed E-state index contributed by atoms with van der Waals surface area (Å²) in [6, 6.07) is 5.98. The van der Waals surface area contributed by atoms with E-state index >= 15 is 0 Å². The van der Waals surface area contributed by atoms with Gasteiger partial charge in [0.15, 0.2) is 0 Å². The SMILES string of the molecule is Cc1cc(Br)cc(-c2nnc(CCN)o2)c1. The van der Waals surface area contributed by atoms with Gasteiger partial charge in [-0.05, 0) is 30.7 Å². The maximum absolute atomic E-state index is 5.50. The van der Waals surface area contributed by atoms with Crippen molar-refractivity contribution in [2.24, 2.45) is 5.73 Å². The Kier molecular flexibility index (Phi) is 3.36. The number of rotatable bonds is 3. The van der Waals surface area contributed by atoms with Crippen LogP contribution in [0, 0.1) is 6.92 Å². The second-order valence-corrected chi connectivity index (χ2v) is 4.47. The van der Waals surface area contributed by atoms with E-state index in [2.05, 4.69) is 26.1 Å². The number of nitrogens with two attached hydrogens (primary N) is 1. The standard InChI is InChI=1S/C11H12BrN3O/c1-7-4-8(6-9(12)5-7)11-15-14-10(16-11)2-3-13/h4-6H,2-3,13H2,1H3. The number of halogens is 1. The molecule has 0 aliphatic rings. The van der Waals surface area contributed by atoms with E-state index in [4.69, 9.17) is 10.2 Å². The Bertz CT molecular complexity index is 475. The van der Waals surface area contributed by atoms with Gasteiger partial charge in [-0.2, -0.15) is 0 Å². The average Bonchev–Trinajstić information content (AvgIpc) is 2.65. The molecule has 2 N–H and O–H groups in total. The molecule has 1 aromatic carbocycles. The molecular formula is C11H12BrN3O. The van der Waals surface area contributed by atoms with Crippen LogP contribution >= 0.6 is 15.9 Å². The Balaban J connectivity index is 2.34. The van der Waals surface area contributed by atoms with Crippen LogP contribution in [0.3, 0.4) is 0 Å². The van der Waals surface area contributed by atoms with Gasteiger partial charge in [-0.25, -0.2) is 0 Å². The van der Waals surface area contributed by atoms with E-state index in [1.165, 1.54) is 0 Å². The van der Waals surface area contributed by atoms with Crippen molar-refractivity contribution in [3.63, 3.8) is 0 Å². The molecule has 5 heteroatoms. The number of hydrogen-bond acceptors (Lipinski definition) is 4. The first-order chi connectivity index (χ1) is 7.69. The van der Waals surface area contributed by atoms with Crippen molar-refractivity contribution in [3.05, 3.63) is 34.1 Å². The summed E-state index contributed by atoms with van der Waals surface area (Å²) in [7, 11) is 0. The fourth-order valence-electron chi connectivity index (χ4n) is 1.45. The normalized spacial score (nSPS) is 10.7. The monoisotopic (exact) mass is 281 g/mol. The highest BCUT2D eigenvalue weighted by Gasteiger charge is 2.08. The third-order valence-corrected chi connectivity index (χ3v) is 2.57. The van der Waals surface area contributed by atoms with E-state index < -0.39 is 0 Å². The lowest BCUT2D eigenvalue weighted by molar-refractivity contribution is 0.507. The van der Waals surface area contributed by atoms with Crippen LogP contribution < -0.4 is 5.73 Å². The van der Waals surface area contributed by atoms with Crippen molar-refractivity contribution < 1.29 is 4.42 Å². The Morgan fingerprint density at radius 2 is 2.12 bits per heavy atom. The van der Waals surface area contributed by atoms with Gasteiger partial charge in [0.2, 0.25) is 11.8 Å². The Labute approximate surface area is 102 Å². The molecule has 0 atom stereocenters. The van der Waals surface area contributed by atoms with Gasteiger partial charge >= 0.3 is 0 Å². The molecule has 1 heterocycles. The summed E-state index contributed by atoms with van der Waals surface area (Å²) in [6.45, 7) is 2.53. The number of benzene rings is 1. The minimum atomic E-state index is 0.513. The smallest absolute Gasteiger partial charge is 0.247 e. The molecular weight excluding hydrogens is 270 g/mol. The molecule has 0 aliphatic heterocycles. The zero-order valence-electron chi connectivity index (χ0n) is 8.90. The number of nitrogens with zero attached hydrogens (tertiary/aromatic N) is 2. The van der Waals surface area contributed by atoms with Crippen LogP contribution in [0.1, 0.15) is 11.5 Å². The summed E-state index contributed by atoms with van der Waals surface area (Å²) in [6.07, 6.45) is 0.611. The third kappa shape index (κ3) is 2.48. The number of aryl methyl sites for hydroxylation is 1. The highest BCUT2D eigenvalue weighted by molar-refractivity contribution is 9.10. The topological polar surface area (TPSA) is 64.9 Å². The summed E-state index contributed by atoms with van der Waals surface area (Å²) in [4.78, 5) is 0. The lowest BCUT2D eigenvalue weighted by atomic mass is 10.1. The van der Waals surface area contributed by atoms with Crippen molar-refractivity contribution in [3.8, 4) is 11.5 Å². The zero-order chi connectivity index (χ0) is 11.5. The van der Waals surface area contributed by atoms with Crippen molar-refractivity contribution in [2.75, 3.05) is 6.54 Å². The van der Waals surface area contributed by atoms with Crippen molar-refractivity contribution >= 4 is 15.9 Å². The van der Waals surface area contributed by atoms with Crippen LogP contribution in [0.15, 0.2) is 27.1 Å². The first-order valence-electron chi connectivity index (χ1n) is 4.99. The second-order valence-electron chi connectivity index (χ2n) is 3.56. The summed E-state index contributed by atoms with van der Waals surface area (Å²) >= 11 is 3.44. The first-order valence-corrected chi connectivity index (χ1v) is 5.78. The Hall–Kier alpha value is -1.20. The van der Waals surface area contributed by atoms with E-state index in [9.17, 15) is 0 Å². The molecule has 0 bridgehead atoms. The maximum atomic E-state index is 5.50. The molecule has 0 saturated carbocycles. The third-order valence-electron chi connectivity index (χ3n) is 2.11. The fraction of sp³-hybridized carbons (Fsp3) is 0.273. The molecule has 1 aromatic heterocycles. The van der Waals surface area contributed by atoms with Gasteiger partial charge in [0.25, 0.3) is 0 Å². The molecule has 0 unspecified atom stereocenters. The zero-order valence-corrected chi connectivity index (χ0v) is 10.5. The number of hydrogen-bond donors (Lipinski definition) is 1. The van der Waals surface area contributed by atoms with Crippen LogP contribution in [0.5, 0.6) is 0 Å². The van der Waals surface area contributed by atoms with Crippen LogP contribution in [0.25, 0.3) is 11.5 Å². The molecule has 2 rings (SSSR count). The molecule has 0 amide bonds. The van der Waals surface area contributed by atoms with Gasteiger partial charge < -0.3 is 10.2 Å². The molecule has 0 spiro atoms. The fourth-order valence-corrected chi connectivity index (χ4v) is 2.06. The van der Waals surface area contributed by atoms with Gasteiger partial charge in [-0.3, -0.25) is 0 Å². The molecule has 16 heavy (non-hydrogen) atoms. The van der Waals surface area contributed by atoms with E-state index in [-0.39, 0.29) is 0 Å². The second kappa shape index (κ2) is 4.76. The van der Waals surface area contributed by atoms with Gasteiger partial charge in [0, 0.05) is 23.0 Å². The predicted octanol–water partition coefficient (Wildman–Crippen LogP) is 2.31. The summed E-state index contributed by atoms with van der Waals surface area (Å²) in [5.74, 6) is 1.11. The predicted molar refractivity (Wildman–Crippen MR) is 64.9 cm³/mol. The van der Waals surface area contributed by atoms with Crippen molar-refractivity contribution in [1.29, 1.82) is 0 Å². The van der Waals surface area contributed by atoms with Gasteiger partial charge in [0.05, 0.1) is 0 Å². The lowest BCUT2D eigenvalue weighted by Crippen LogP contribution is -2.02. The minimum absolute atomic E-state index is 0.513. The number of aromatic nitrogens is 2. The minimum Gasteiger partial charge on any atom is -0.421 e. The first kappa shape index (κ1) is 11.3. The van der Waals surface area contributed by atoms with E-state index in [0.717, 1.165) is 15.6 Å². The van der Waals surface area contributed by atoms with Crippen LogP contribution in [-0.2, 0) is 6.42 Å². The van der Waals surface area contributed by atoms with Gasteiger partial charge in [0.1, 0.15) is 0 Å². The largest absolute Gasteiger partial charge is 0.421 e. The average molecular weight is 282 g/mol. The van der Waals surface area contributed by atoms with E-state index in [1.807, 2.05) is 25.1 Å². The lowest BCUT2D eigenvalue weighted by Gasteiger charge is -1.98. The summed E-state index contributed by atoms with van der Waals surface area (Å²) in [5.41, 5.74) is 7.48. The molecule has 84 valence electrons. The quantitative estimate of drug-likeness (QED) is 0.938. The summed E-state index contributed by atoms with van der Waals surface area (Å²) < 4.78 is 6.50. The molecule has 0 fully saturated rings. The molecule has 0 radical (unpaired) electrons. The molecule has 0 aliphatic carbocycles. The van der Waals surface area contributed by atoms with Crippen LogP contribution in [0.4, 0.5) is 0 Å². The van der Waals surface area contributed by atoms with Crippen molar-refractivity contribution in [2.45, 2.75) is 13.3 Å². The summed E-state index contributed by atoms with van der Waals surface area (Å²) in [5, 5.41) is 7.92. The molecule has 0 saturated heterocycles. The van der Waals surface area contributed by atoms with E-state index in [0.29, 0.717) is 24.7 Å². The maximum Gasteiger partial charge on any atom is 0.247 e. The van der Waals surface area contributed by atoms with E-state index in [1.54, 1.807) is 0 Å². The molecule has 4 nitrogen and oxygen atoms in total. The highest BCUT2D eigenvalue weighted by atomic mass is 79.9. The Morgan fingerprint density at radius 3 is 2.81 bits per heavy atom.